The number of carbonyl (C=O) groups excluding carboxylic acids is 1. The third kappa shape index (κ3) is 5.81. The summed E-state index contributed by atoms with van der Waals surface area (Å²) in [6.07, 6.45) is 1.47. The number of methoxy groups -OCH3 is 1. The maximum Gasteiger partial charge on any atom is 0.257 e. The van der Waals surface area contributed by atoms with Crippen LogP contribution >= 0.6 is 11.6 Å². The molecule has 118 valence electrons. The zero-order valence-electron chi connectivity index (χ0n) is 12.7. The van der Waals surface area contributed by atoms with Crippen LogP contribution in [0.2, 0.25) is 5.02 Å². The van der Waals surface area contributed by atoms with Crippen molar-refractivity contribution in [2.45, 2.75) is 32.7 Å². The van der Waals surface area contributed by atoms with Gasteiger partial charge < -0.3 is 20.5 Å². The Labute approximate surface area is 130 Å². The van der Waals surface area contributed by atoms with Crippen molar-refractivity contribution >= 4 is 17.5 Å². The first-order valence-corrected chi connectivity index (χ1v) is 7.37. The summed E-state index contributed by atoms with van der Waals surface area (Å²) in [5.74, 6) is 0.855. The average Bonchev–Trinajstić information content (AvgIpc) is 2.42. The molecule has 0 aliphatic rings. The van der Waals surface area contributed by atoms with Crippen LogP contribution in [0.3, 0.4) is 0 Å². The van der Waals surface area contributed by atoms with E-state index in [0.29, 0.717) is 29.5 Å². The van der Waals surface area contributed by atoms with E-state index in [1.165, 1.54) is 7.11 Å². The van der Waals surface area contributed by atoms with Crippen LogP contribution in [0.1, 0.15) is 25.8 Å². The van der Waals surface area contributed by atoms with Crippen LogP contribution in [0.25, 0.3) is 0 Å². The predicted octanol–water partition coefficient (Wildman–Crippen LogP) is 2.14. The Kier molecular flexibility index (Phi) is 7.32. The van der Waals surface area contributed by atoms with E-state index in [1.54, 1.807) is 12.1 Å². The maximum atomic E-state index is 11.6. The van der Waals surface area contributed by atoms with Crippen molar-refractivity contribution in [1.82, 2.24) is 5.32 Å². The molecular weight excluding hydrogens is 292 g/mol. The monoisotopic (exact) mass is 314 g/mol. The molecule has 0 fully saturated rings. The number of nitrogens with one attached hydrogen (secondary N) is 1. The first-order valence-electron chi connectivity index (χ1n) is 6.99. The Morgan fingerprint density at radius 1 is 1.48 bits per heavy atom. The number of hydrogen-bond donors (Lipinski definition) is 2. The summed E-state index contributed by atoms with van der Waals surface area (Å²) in [6.45, 7) is 4.45. The summed E-state index contributed by atoms with van der Waals surface area (Å²) in [6, 6.07) is 3.39. The number of nitrogens with two attached hydrogens (primary N) is 1. The Morgan fingerprint density at radius 2 is 2.19 bits per heavy atom. The third-order valence-electron chi connectivity index (χ3n) is 2.78. The molecule has 0 aliphatic carbocycles. The Balaban J connectivity index is 2.89. The molecule has 6 heteroatoms. The molecule has 0 aromatic heterocycles. The van der Waals surface area contributed by atoms with Crippen LogP contribution in [0.4, 0.5) is 0 Å². The molecule has 0 aliphatic heterocycles. The van der Waals surface area contributed by atoms with Gasteiger partial charge in [0.25, 0.3) is 5.91 Å². The van der Waals surface area contributed by atoms with Gasteiger partial charge in [-0.05, 0) is 25.8 Å². The van der Waals surface area contributed by atoms with Crippen LogP contribution in [0.15, 0.2) is 12.1 Å². The minimum Gasteiger partial charge on any atom is -0.493 e. The second-order valence-corrected chi connectivity index (χ2v) is 5.35. The minimum absolute atomic E-state index is 0.0514. The lowest BCUT2D eigenvalue weighted by molar-refractivity contribution is -0.123. The van der Waals surface area contributed by atoms with Gasteiger partial charge in [0.05, 0.1) is 7.11 Å². The molecule has 0 radical (unpaired) electrons. The lowest BCUT2D eigenvalue weighted by Crippen LogP contribution is -2.29. The fraction of sp³-hybridized carbons (Fsp3) is 0.533. The highest BCUT2D eigenvalue weighted by Crippen LogP contribution is 2.35. The zero-order valence-corrected chi connectivity index (χ0v) is 13.5. The van der Waals surface area contributed by atoms with Crippen molar-refractivity contribution in [1.29, 1.82) is 0 Å². The largest absolute Gasteiger partial charge is 0.493 e. The number of carbonyl (C=O) groups is 1. The molecule has 1 unspecified atom stereocenters. The summed E-state index contributed by atoms with van der Waals surface area (Å²) in [7, 11) is 1.53. The van der Waals surface area contributed by atoms with Gasteiger partial charge in [-0.2, -0.15) is 0 Å². The standard InChI is InChI=1S/C15H23ClN2O3/c1-4-5-18-14(19)9-21-15-11(6-10(2)17)7-12(16)8-13(15)20-3/h7-8,10H,4-6,9,17H2,1-3H3,(H,18,19). The smallest absolute Gasteiger partial charge is 0.257 e. The van der Waals surface area contributed by atoms with Crippen molar-refractivity contribution in [3.63, 3.8) is 0 Å². The first-order chi connectivity index (χ1) is 9.97. The van der Waals surface area contributed by atoms with Crippen LogP contribution in [0.5, 0.6) is 11.5 Å². The summed E-state index contributed by atoms with van der Waals surface area (Å²) in [4.78, 5) is 11.6. The highest BCUT2D eigenvalue weighted by molar-refractivity contribution is 6.30. The number of ether oxygens (including phenoxy) is 2. The summed E-state index contributed by atoms with van der Waals surface area (Å²) in [5, 5.41) is 3.30. The molecule has 0 bridgehead atoms. The van der Waals surface area contributed by atoms with Crippen molar-refractivity contribution in [3.8, 4) is 11.5 Å². The highest BCUT2D eigenvalue weighted by atomic mass is 35.5. The quantitative estimate of drug-likeness (QED) is 0.771. The van der Waals surface area contributed by atoms with E-state index in [1.807, 2.05) is 13.8 Å². The molecule has 0 saturated heterocycles. The van der Waals surface area contributed by atoms with E-state index < -0.39 is 0 Å². The molecule has 5 nitrogen and oxygen atoms in total. The summed E-state index contributed by atoms with van der Waals surface area (Å²) >= 11 is 6.06. The molecular formula is C15H23ClN2O3. The predicted molar refractivity (Wildman–Crippen MR) is 84.2 cm³/mol. The highest BCUT2D eigenvalue weighted by Gasteiger charge is 2.15. The Morgan fingerprint density at radius 3 is 2.76 bits per heavy atom. The molecule has 1 rings (SSSR count). The fourth-order valence-corrected chi connectivity index (χ4v) is 2.12. The van der Waals surface area contributed by atoms with Crippen LogP contribution in [-0.4, -0.2) is 32.2 Å². The van der Waals surface area contributed by atoms with E-state index in [0.717, 1.165) is 12.0 Å². The molecule has 1 atom stereocenters. The molecule has 0 saturated carbocycles. The van der Waals surface area contributed by atoms with Gasteiger partial charge in [-0.3, -0.25) is 4.79 Å². The van der Waals surface area contributed by atoms with Gasteiger partial charge in [-0.1, -0.05) is 18.5 Å². The molecule has 1 amide bonds. The van der Waals surface area contributed by atoms with Gasteiger partial charge in [0, 0.05) is 29.2 Å². The summed E-state index contributed by atoms with van der Waals surface area (Å²) < 4.78 is 10.9. The van der Waals surface area contributed by atoms with Gasteiger partial charge in [-0.15, -0.1) is 0 Å². The lowest BCUT2D eigenvalue weighted by Gasteiger charge is -2.17. The van der Waals surface area contributed by atoms with Crippen molar-refractivity contribution in [2.24, 2.45) is 5.73 Å². The second-order valence-electron chi connectivity index (χ2n) is 4.92. The lowest BCUT2D eigenvalue weighted by atomic mass is 10.1. The van der Waals surface area contributed by atoms with Gasteiger partial charge in [0.1, 0.15) is 0 Å². The van der Waals surface area contributed by atoms with Crippen molar-refractivity contribution < 1.29 is 14.3 Å². The average molecular weight is 315 g/mol. The van der Waals surface area contributed by atoms with Gasteiger partial charge in [-0.25, -0.2) is 0 Å². The molecule has 0 spiro atoms. The number of rotatable bonds is 8. The SMILES string of the molecule is CCCNC(=O)COc1c(CC(C)N)cc(Cl)cc1OC. The van der Waals surface area contributed by atoms with Crippen molar-refractivity contribution in [3.05, 3.63) is 22.7 Å². The number of halogens is 1. The topological polar surface area (TPSA) is 73.6 Å². The van der Waals surface area contributed by atoms with Gasteiger partial charge in [0.2, 0.25) is 0 Å². The number of hydrogen-bond acceptors (Lipinski definition) is 4. The van der Waals surface area contributed by atoms with E-state index in [4.69, 9.17) is 26.8 Å². The molecule has 21 heavy (non-hydrogen) atoms. The molecule has 1 aromatic rings. The van der Waals surface area contributed by atoms with Crippen LogP contribution in [0, 0.1) is 0 Å². The van der Waals surface area contributed by atoms with E-state index in [2.05, 4.69) is 5.32 Å². The molecule has 3 N–H and O–H groups in total. The first kappa shape index (κ1) is 17.6. The minimum atomic E-state index is -0.166. The second kappa shape index (κ2) is 8.74. The Hall–Kier alpha value is -1.46. The molecule has 0 heterocycles. The number of benzene rings is 1. The number of amides is 1. The Bertz CT molecular complexity index is 478. The van der Waals surface area contributed by atoms with E-state index >= 15 is 0 Å². The van der Waals surface area contributed by atoms with Gasteiger partial charge in [0.15, 0.2) is 18.1 Å². The fourth-order valence-electron chi connectivity index (χ4n) is 1.89. The maximum absolute atomic E-state index is 11.6. The molecule has 1 aromatic carbocycles. The van der Waals surface area contributed by atoms with Crippen molar-refractivity contribution in [2.75, 3.05) is 20.3 Å². The zero-order chi connectivity index (χ0) is 15.8. The van der Waals surface area contributed by atoms with Crippen LogP contribution < -0.4 is 20.5 Å². The third-order valence-corrected chi connectivity index (χ3v) is 3.00. The van der Waals surface area contributed by atoms with Crippen LogP contribution in [-0.2, 0) is 11.2 Å². The normalized spacial score (nSPS) is 11.9. The van der Waals surface area contributed by atoms with Gasteiger partial charge >= 0.3 is 0 Å². The van der Waals surface area contributed by atoms with E-state index in [-0.39, 0.29) is 18.6 Å². The summed E-state index contributed by atoms with van der Waals surface area (Å²) in [5.41, 5.74) is 6.67. The van der Waals surface area contributed by atoms with E-state index in [9.17, 15) is 4.79 Å².